The number of hydrogen-bond acceptors (Lipinski definition) is 5. The molecular formula is C20H23N2O5+. The van der Waals surface area contributed by atoms with Gasteiger partial charge in [-0.05, 0) is 25.1 Å². The lowest BCUT2D eigenvalue weighted by molar-refractivity contribution is -0.906. The van der Waals surface area contributed by atoms with Crippen molar-refractivity contribution in [3.05, 3.63) is 53.5 Å². The fourth-order valence-corrected chi connectivity index (χ4v) is 3.78. The van der Waals surface area contributed by atoms with E-state index in [9.17, 15) is 14.7 Å². The topological polar surface area (TPSA) is 84.4 Å². The van der Waals surface area contributed by atoms with Crippen LogP contribution in [0.15, 0.2) is 40.8 Å². The van der Waals surface area contributed by atoms with Crippen molar-refractivity contribution >= 4 is 17.4 Å². The number of aliphatic hydroxyl groups is 1. The Hall–Kier alpha value is -2.48. The Morgan fingerprint density at radius 1 is 1.22 bits per heavy atom. The molecule has 0 bridgehead atoms. The number of carbonyl (C=O) groups is 2. The van der Waals surface area contributed by atoms with E-state index in [0.29, 0.717) is 36.9 Å². The number of quaternary nitrogens is 1. The first kappa shape index (κ1) is 17.9. The maximum absolute atomic E-state index is 13.2. The first-order valence-corrected chi connectivity index (χ1v) is 9.14. The molecule has 2 aromatic rings. The Labute approximate surface area is 157 Å². The lowest BCUT2D eigenvalue weighted by Gasteiger charge is -2.29. The summed E-state index contributed by atoms with van der Waals surface area (Å²) < 4.78 is 10.7. The van der Waals surface area contributed by atoms with E-state index in [1.54, 1.807) is 36.1 Å². The molecule has 0 spiro atoms. The summed E-state index contributed by atoms with van der Waals surface area (Å²) >= 11 is 0. The Balaban J connectivity index is 1.62. The number of Topliss-reactive ketones (excluding diaryl/α,β-unsaturated/α-hetero) is 1. The summed E-state index contributed by atoms with van der Waals surface area (Å²) in [7, 11) is 0. The van der Waals surface area contributed by atoms with Crippen LogP contribution in [0.5, 0.6) is 0 Å². The summed E-state index contributed by atoms with van der Waals surface area (Å²) in [6, 6.07) is 10.4. The maximum Gasteiger partial charge on any atom is 0.268 e. The first-order valence-electron chi connectivity index (χ1n) is 9.14. The average Bonchev–Trinajstić information content (AvgIpc) is 3.20. The Bertz CT molecular complexity index is 871. The highest BCUT2D eigenvalue weighted by atomic mass is 16.5. The van der Waals surface area contributed by atoms with Crippen LogP contribution in [-0.4, -0.2) is 49.8 Å². The van der Waals surface area contributed by atoms with Gasteiger partial charge in [0, 0.05) is 5.56 Å². The highest BCUT2D eigenvalue weighted by Gasteiger charge is 2.52. The van der Waals surface area contributed by atoms with Crippen LogP contribution in [-0.2, 0) is 15.1 Å². The van der Waals surface area contributed by atoms with E-state index in [1.807, 2.05) is 12.1 Å². The second kappa shape index (κ2) is 6.92. The minimum Gasteiger partial charge on any atom is -0.458 e. The third kappa shape index (κ3) is 3.18. The van der Waals surface area contributed by atoms with Gasteiger partial charge in [0.15, 0.2) is 18.0 Å². The van der Waals surface area contributed by atoms with Crippen LogP contribution in [0.25, 0.3) is 0 Å². The van der Waals surface area contributed by atoms with E-state index in [0.717, 1.165) is 13.1 Å². The van der Waals surface area contributed by atoms with Gasteiger partial charge in [-0.1, -0.05) is 18.2 Å². The SMILES string of the molecule is Cc1ccc(C(=O)C[C@@]2(O)C(=O)N(C[NH+]3CCOCC3)c3ccccc32)o1. The molecule has 1 atom stereocenters. The van der Waals surface area contributed by atoms with Crippen LogP contribution in [0, 0.1) is 6.92 Å². The van der Waals surface area contributed by atoms with E-state index >= 15 is 0 Å². The number of benzene rings is 1. The lowest BCUT2D eigenvalue weighted by Crippen LogP contribution is -3.15. The lowest BCUT2D eigenvalue weighted by atomic mass is 9.89. The summed E-state index contributed by atoms with van der Waals surface area (Å²) in [6.45, 7) is 5.09. The molecule has 0 aliphatic carbocycles. The molecule has 7 heteroatoms. The fourth-order valence-electron chi connectivity index (χ4n) is 3.78. The van der Waals surface area contributed by atoms with E-state index < -0.39 is 17.3 Å². The predicted octanol–water partition coefficient (Wildman–Crippen LogP) is 0.268. The molecule has 1 fully saturated rings. The van der Waals surface area contributed by atoms with Crippen molar-refractivity contribution < 1.29 is 28.7 Å². The van der Waals surface area contributed by atoms with Crippen LogP contribution in [0.1, 0.15) is 28.3 Å². The highest BCUT2D eigenvalue weighted by Crippen LogP contribution is 2.42. The van der Waals surface area contributed by atoms with E-state index in [-0.39, 0.29) is 12.2 Å². The van der Waals surface area contributed by atoms with Crippen molar-refractivity contribution in [1.82, 2.24) is 0 Å². The molecular weight excluding hydrogens is 348 g/mol. The molecule has 0 unspecified atom stereocenters. The number of para-hydroxylation sites is 1. The fraction of sp³-hybridized carbons (Fsp3) is 0.400. The van der Waals surface area contributed by atoms with Gasteiger partial charge in [0.05, 0.1) is 25.3 Å². The molecule has 4 rings (SSSR count). The largest absolute Gasteiger partial charge is 0.458 e. The molecule has 1 aromatic carbocycles. The minimum atomic E-state index is -1.87. The molecule has 0 radical (unpaired) electrons. The van der Waals surface area contributed by atoms with Gasteiger partial charge in [0.2, 0.25) is 5.78 Å². The molecule has 142 valence electrons. The third-order valence-electron chi connectivity index (χ3n) is 5.25. The number of ether oxygens (including phenoxy) is 1. The van der Waals surface area contributed by atoms with Crippen molar-refractivity contribution in [3.8, 4) is 0 Å². The Morgan fingerprint density at radius 3 is 2.67 bits per heavy atom. The molecule has 0 saturated carbocycles. The number of furan rings is 1. The standard InChI is InChI=1S/C20H22N2O5/c1-14-6-7-18(27-14)17(23)12-20(25)15-4-2-3-5-16(15)22(19(20)24)13-21-8-10-26-11-9-21/h2-7,25H,8-13H2,1H3/p+1/t20-/m0/s1. The second-order valence-electron chi connectivity index (χ2n) is 7.14. The Morgan fingerprint density at radius 2 is 1.96 bits per heavy atom. The number of hydrogen-bond donors (Lipinski definition) is 2. The third-order valence-corrected chi connectivity index (χ3v) is 5.25. The quantitative estimate of drug-likeness (QED) is 0.737. The second-order valence-corrected chi connectivity index (χ2v) is 7.14. The monoisotopic (exact) mass is 371 g/mol. The Kier molecular flexibility index (Phi) is 4.59. The number of amides is 1. The normalized spacial score (nSPS) is 22.9. The number of nitrogens with zero attached hydrogens (tertiary/aromatic N) is 1. The van der Waals surface area contributed by atoms with Crippen LogP contribution >= 0.6 is 0 Å². The van der Waals surface area contributed by atoms with Gasteiger partial charge in [-0.25, -0.2) is 0 Å². The van der Waals surface area contributed by atoms with Crippen molar-refractivity contribution in [1.29, 1.82) is 0 Å². The molecule has 1 aromatic heterocycles. The van der Waals surface area contributed by atoms with Gasteiger partial charge in [0.1, 0.15) is 18.8 Å². The number of rotatable bonds is 5. The number of ketones is 1. The van der Waals surface area contributed by atoms with Crippen LogP contribution in [0.4, 0.5) is 5.69 Å². The van der Waals surface area contributed by atoms with Gasteiger partial charge < -0.3 is 19.2 Å². The van der Waals surface area contributed by atoms with Crippen LogP contribution in [0.2, 0.25) is 0 Å². The first-order chi connectivity index (χ1) is 13.0. The predicted molar refractivity (Wildman–Crippen MR) is 96.6 cm³/mol. The maximum atomic E-state index is 13.2. The number of morpholine rings is 1. The number of fused-ring (bicyclic) bond motifs is 1. The zero-order valence-corrected chi connectivity index (χ0v) is 15.2. The van der Waals surface area contributed by atoms with Crippen molar-refractivity contribution in [2.24, 2.45) is 0 Å². The molecule has 2 aliphatic heterocycles. The molecule has 2 N–H and O–H groups in total. The molecule has 1 amide bonds. The van der Waals surface area contributed by atoms with Crippen molar-refractivity contribution in [2.45, 2.75) is 18.9 Å². The molecule has 2 aliphatic rings. The van der Waals surface area contributed by atoms with Crippen molar-refractivity contribution in [2.75, 3.05) is 37.9 Å². The smallest absolute Gasteiger partial charge is 0.268 e. The zero-order valence-electron chi connectivity index (χ0n) is 15.2. The average molecular weight is 371 g/mol. The molecule has 1 saturated heterocycles. The van der Waals surface area contributed by atoms with Gasteiger partial charge in [-0.2, -0.15) is 0 Å². The molecule has 27 heavy (non-hydrogen) atoms. The summed E-state index contributed by atoms with van der Waals surface area (Å²) in [6.07, 6.45) is -0.343. The van der Waals surface area contributed by atoms with Gasteiger partial charge in [-0.15, -0.1) is 0 Å². The number of aryl methyl sites for hydroxylation is 1. The minimum absolute atomic E-state index is 0.156. The van der Waals surface area contributed by atoms with Gasteiger partial charge in [0.25, 0.3) is 5.91 Å². The summed E-state index contributed by atoms with van der Waals surface area (Å²) in [5.74, 6) is -0.0851. The van der Waals surface area contributed by atoms with Crippen LogP contribution in [0.3, 0.4) is 0 Å². The molecule has 7 nitrogen and oxygen atoms in total. The van der Waals surface area contributed by atoms with Gasteiger partial charge >= 0.3 is 0 Å². The number of carbonyl (C=O) groups excluding carboxylic acids is 2. The van der Waals surface area contributed by atoms with E-state index in [1.165, 1.54) is 4.90 Å². The summed E-state index contributed by atoms with van der Waals surface area (Å²) in [5, 5.41) is 11.3. The summed E-state index contributed by atoms with van der Waals surface area (Å²) in [5.41, 5.74) is -0.744. The van der Waals surface area contributed by atoms with Gasteiger partial charge in [-0.3, -0.25) is 14.5 Å². The van der Waals surface area contributed by atoms with Crippen molar-refractivity contribution in [3.63, 3.8) is 0 Å². The van der Waals surface area contributed by atoms with E-state index in [4.69, 9.17) is 9.15 Å². The van der Waals surface area contributed by atoms with Crippen LogP contribution < -0.4 is 9.80 Å². The molecule has 3 heterocycles. The highest BCUT2D eigenvalue weighted by molar-refractivity contribution is 6.10. The number of anilines is 1. The van der Waals surface area contributed by atoms with E-state index in [2.05, 4.69) is 0 Å². The number of nitrogens with one attached hydrogen (secondary N) is 1. The summed E-state index contributed by atoms with van der Waals surface area (Å²) in [4.78, 5) is 28.6. The zero-order chi connectivity index (χ0) is 19.0.